The normalized spacial score (nSPS) is 11.4. The maximum absolute atomic E-state index is 9.36. The number of rotatable bonds is 4. The van der Waals surface area contributed by atoms with E-state index in [1.54, 1.807) is 50.9 Å². The van der Waals surface area contributed by atoms with Crippen molar-refractivity contribution in [2.75, 3.05) is 14.2 Å². The summed E-state index contributed by atoms with van der Waals surface area (Å²) in [5.41, 5.74) is 0.719. The van der Waals surface area contributed by atoms with Gasteiger partial charge in [0.1, 0.15) is 23.2 Å². The van der Waals surface area contributed by atoms with Crippen LogP contribution in [-0.2, 0) is 0 Å². The molecule has 5 heteroatoms. The predicted molar refractivity (Wildman–Crippen MR) is 69.0 cm³/mol. The van der Waals surface area contributed by atoms with Crippen molar-refractivity contribution in [1.29, 1.82) is 5.26 Å². The molecule has 0 saturated heterocycles. The molecule has 0 aliphatic rings. The highest BCUT2D eigenvalue weighted by Crippen LogP contribution is 2.32. The van der Waals surface area contributed by atoms with Crippen molar-refractivity contribution in [3.63, 3.8) is 0 Å². The average Bonchev–Trinajstić information content (AvgIpc) is 2.49. The first-order chi connectivity index (χ1) is 9.30. The highest BCUT2D eigenvalue weighted by atomic mass is 16.5. The second kappa shape index (κ2) is 5.83. The van der Waals surface area contributed by atoms with Gasteiger partial charge in [-0.25, -0.2) is 9.97 Å². The van der Waals surface area contributed by atoms with Crippen molar-refractivity contribution >= 4 is 0 Å². The van der Waals surface area contributed by atoms with Crippen LogP contribution in [0.25, 0.3) is 0 Å². The first kappa shape index (κ1) is 12.8. The number of hydrogen-bond acceptors (Lipinski definition) is 5. The first-order valence-electron chi connectivity index (χ1n) is 5.68. The van der Waals surface area contributed by atoms with Gasteiger partial charge in [-0.05, 0) is 18.2 Å². The van der Waals surface area contributed by atoms with Gasteiger partial charge in [0.2, 0.25) is 0 Å². The fourth-order valence-corrected chi connectivity index (χ4v) is 1.78. The van der Waals surface area contributed by atoms with E-state index in [1.807, 2.05) is 0 Å². The molecule has 1 heterocycles. The molecule has 2 rings (SSSR count). The van der Waals surface area contributed by atoms with Gasteiger partial charge < -0.3 is 9.47 Å². The lowest BCUT2D eigenvalue weighted by atomic mass is 9.98. The van der Waals surface area contributed by atoms with E-state index in [-0.39, 0.29) is 0 Å². The van der Waals surface area contributed by atoms with Gasteiger partial charge in [0, 0.05) is 24.0 Å². The molecule has 0 saturated carbocycles. The SMILES string of the molecule is COc1ccc(C(C#N)c2ncccn2)c(OC)c1. The van der Waals surface area contributed by atoms with Crippen LogP contribution in [0.1, 0.15) is 17.3 Å². The third-order valence-corrected chi connectivity index (χ3v) is 2.72. The molecule has 5 nitrogen and oxygen atoms in total. The maximum atomic E-state index is 9.36. The van der Waals surface area contributed by atoms with Crippen LogP contribution >= 0.6 is 0 Å². The van der Waals surface area contributed by atoms with Gasteiger partial charge in [-0.3, -0.25) is 0 Å². The van der Waals surface area contributed by atoms with Gasteiger partial charge in [0.15, 0.2) is 0 Å². The van der Waals surface area contributed by atoms with Crippen molar-refractivity contribution in [2.24, 2.45) is 0 Å². The lowest BCUT2D eigenvalue weighted by molar-refractivity contribution is 0.390. The number of nitrogens with zero attached hydrogens (tertiary/aromatic N) is 3. The molecule has 2 aromatic rings. The van der Waals surface area contributed by atoms with E-state index in [0.717, 1.165) is 5.56 Å². The van der Waals surface area contributed by atoms with Crippen LogP contribution in [-0.4, -0.2) is 24.2 Å². The van der Waals surface area contributed by atoms with Gasteiger partial charge in [0.05, 0.1) is 20.3 Å². The molecule has 0 bridgehead atoms. The van der Waals surface area contributed by atoms with Gasteiger partial charge >= 0.3 is 0 Å². The summed E-state index contributed by atoms with van der Waals surface area (Å²) in [7, 11) is 3.13. The van der Waals surface area contributed by atoms with Crippen molar-refractivity contribution in [2.45, 2.75) is 5.92 Å². The molecule has 0 aliphatic heterocycles. The van der Waals surface area contributed by atoms with Gasteiger partial charge in [-0.1, -0.05) is 0 Å². The quantitative estimate of drug-likeness (QED) is 0.837. The third-order valence-electron chi connectivity index (χ3n) is 2.72. The number of benzene rings is 1. The minimum absolute atomic E-state index is 0.452. The van der Waals surface area contributed by atoms with Crippen LogP contribution in [0.2, 0.25) is 0 Å². The topological polar surface area (TPSA) is 68.0 Å². The lowest BCUT2D eigenvalue weighted by Crippen LogP contribution is -2.05. The van der Waals surface area contributed by atoms with Crippen molar-refractivity contribution in [3.05, 3.63) is 48.0 Å². The number of nitriles is 1. The number of hydrogen-bond donors (Lipinski definition) is 0. The zero-order valence-electron chi connectivity index (χ0n) is 10.7. The molecular formula is C14H13N3O2. The largest absolute Gasteiger partial charge is 0.497 e. The molecule has 0 aliphatic carbocycles. The molecule has 1 aromatic heterocycles. The summed E-state index contributed by atoms with van der Waals surface area (Å²) >= 11 is 0. The van der Waals surface area contributed by atoms with Crippen molar-refractivity contribution in [3.8, 4) is 17.6 Å². The summed E-state index contributed by atoms with van der Waals surface area (Å²) in [5, 5.41) is 9.36. The Morgan fingerprint density at radius 1 is 1.16 bits per heavy atom. The Kier molecular flexibility index (Phi) is 3.94. The second-order valence-corrected chi connectivity index (χ2v) is 3.78. The predicted octanol–water partition coefficient (Wildman–Crippen LogP) is 2.15. The fraction of sp³-hybridized carbons (Fsp3) is 0.214. The molecule has 1 aromatic carbocycles. The zero-order chi connectivity index (χ0) is 13.7. The summed E-state index contributed by atoms with van der Waals surface area (Å²) in [6, 6.07) is 9.23. The summed E-state index contributed by atoms with van der Waals surface area (Å²) in [5.74, 6) is 1.14. The Morgan fingerprint density at radius 3 is 2.47 bits per heavy atom. The molecule has 0 N–H and O–H groups in total. The smallest absolute Gasteiger partial charge is 0.149 e. The van der Waals surface area contributed by atoms with Crippen molar-refractivity contribution in [1.82, 2.24) is 9.97 Å². The summed E-state index contributed by atoms with van der Waals surface area (Å²) in [4.78, 5) is 8.25. The Hall–Kier alpha value is -2.61. The Morgan fingerprint density at radius 2 is 1.89 bits per heavy atom. The molecular weight excluding hydrogens is 242 g/mol. The van der Waals surface area contributed by atoms with Crippen molar-refractivity contribution < 1.29 is 9.47 Å². The number of aromatic nitrogens is 2. The Labute approximate surface area is 111 Å². The summed E-state index contributed by atoms with van der Waals surface area (Å²) in [6.45, 7) is 0. The number of methoxy groups -OCH3 is 2. The summed E-state index contributed by atoms with van der Waals surface area (Å²) in [6.07, 6.45) is 3.23. The molecule has 96 valence electrons. The first-order valence-corrected chi connectivity index (χ1v) is 5.68. The standard InChI is InChI=1S/C14H13N3O2/c1-18-10-4-5-11(13(8-10)19-2)12(9-15)14-16-6-3-7-17-14/h3-8,12H,1-2H3. The van der Waals surface area contributed by atoms with E-state index in [4.69, 9.17) is 9.47 Å². The van der Waals surface area contributed by atoms with Crippen LogP contribution in [0.3, 0.4) is 0 Å². The molecule has 1 atom stereocenters. The van der Waals surface area contributed by atoms with Crippen LogP contribution in [0.5, 0.6) is 11.5 Å². The third kappa shape index (κ3) is 2.63. The van der Waals surface area contributed by atoms with E-state index in [0.29, 0.717) is 17.3 Å². The molecule has 19 heavy (non-hydrogen) atoms. The van der Waals surface area contributed by atoms with Crippen LogP contribution in [0.15, 0.2) is 36.7 Å². The van der Waals surface area contributed by atoms with Crippen LogP contribution < -0.4 is 9.47 Å². The van der Waals surface area contributed by atoms with Crippen LogP contribution in [0.4, 0.5) is 0 Å². The zero-order valence-corrected chi connectivity index (χ0v) is 10.7. The Balaban J connectivity index is 2.47. The van der Waals surface area contributed by atoms with E-state index in [2.05, 4.69) is 16.0 Å². The van der Waals surface area contributed by atoms with E-state index < -0.39 is 5.92 Å². The number of ether oxygens (including phenoxy) is 2. The maximum Gasteiger partial charge on any atom is 0.149 e. The molecule has 1 unspecified atom stereocenters. The highest BCUT2D eigenvalue weighted by molar-refractivity contribution is 5.47. The molecule has 0 amide bonds. The van der Waals surface area contributed by atoms with E-state index >= 15 is 0 Å². The van der Waals surface area contributed by atoms with Gasteiger partial charge in [0.25, 0.3) is 0 Å². The molecule has 0 radical (unpaired) electrons. The van der Waals surface area contributed by atoms with Crippen LogP contribution in [0, 0.1) is 11.3 Å². The summed E-state index contributed by atoms with van der Waals surface area (Å²) < 4.78 is 10.4. The second-order valence-electron chi connectivity index (χ2n) is 3.78. The highest BCUT2D eigenvalue weighted by Gasteiger charge is 2.20. The Bertz CT molecular complexity index is 593. The van der Waals surface area contributed by atoms with Gasteiger partial charge in [-0.15, -0.1) is 0 Å². The molecule has 0 spiro atoms. The van der Waals surface area contributed by atoms with E-state index in [1.165, 1.54) is 0 Å². The fourth-order valence-electron chi connectivity index (χ4n) is 1.78. The monoisotopic (exact) mass is 255 g/mol. The minimum Gasteiger partial charge on any atom is -0.497 e. The van der Waals surface area contributed by atoms with E-state index in [9.17, 15) is 5.26 Å². The minimum atomic E-state index is -0.568. The molecule has 0 fully saturated rings. The van der Waals surface area contributed by atoms with Gasteiger partial charge in [-0.2, -0.15) is 5.26 Å². The lowest BCUT2D eigenvalue weighted by Gasteiger charge is -2.13. The average molecular weight is 255 g/mol.